The summed E-state index contributed by atoms with van der Waals surface area (Å²) in [6, 6.07) is 85.7. The van der Waals surface area contributed by atoms with E-state index in [1.54, 1.807) is 0 Å². The van der Waals surface area contributed by atoms with Crippen LogP contribution in [0.3, 0.4) is 0 Å². The number of imidazole rings is 3. The molecule has 0 bridgehead atoms. The van der Waals surface area contributed by atoms with E-state index in [1.165, 1.54) is 150 Å². The molecule has 5 aromatic heterocycles. The lowest BCUT2D eigenvalue weighted by Gasteiger charge is -2.19. The van der Waals surface area contributed by atoms with Gasteiger partial charge in [0.1, 0.15) is 56.1 Å². The second-order valence-electron chi connectivity index (χ2n) is 27.4. The molecule has 0 spiro atoms. The minimum Gasteiger partial charge on any atom is -0.299 e. The number of benzene rings is 10. The average Bonchev–Trinajstić information content (AvgIpc) is 1.67. The third-order valence-corrected chi connectivity index (χ3v) is 20.8. The fourth-order valence-corrected chi connectivity index (χ4v) is 15.0. The van der Waals surface area contributed by atoms with Gasteiger partial charge in [0.25, 0.3) is 11.6 Å². The molecule has 0 saturated carbocycles. The SMILES string of the molecule is CCC(C)c1cccc(C(C)C)c1-n1cc[n+](C)c1-c1ccccc1C.Cc1ccccc1-c1cc2ccccc2c[n+]1C.Cc1ccccc1-c1ccc2ccccc2[n+]1C.Cc1ccccc1-c1n(-c2c(P)cccc2P)cc[n+]1C.Cc1ccccc1-c1nccn1-c1c(C)cccc1C. The smallest absolute Gasteiger partial charge is 0.294 e. The summed E-state index contributed by atoms with van der Waals surface area (Å²) in [5.41, 5.74) is 25.7. The largest absolute Gasteiger partial charge is 0.299 e. The number of rotatable bonds is 11. The number of aromatic nitrogens is 8. The summed E-state index contributed by atoms with van der Waals surface area (Å²) in [5.74, 6) is 4.43. The zero-order valence-corrected chi connectivity index (χ0v) is 65.0. The first-order chi connectivity index (χ1) is 49.8. The molecule has 0 aliphatic heterocycles. The quantitative estimate of drug-likeness (QED) is 0.0940. The van der Waals surface area contributed by atoms with Gasteiger partial charge in [0, 0.05) is 79.8 Å². The Kier molecular flexibility index (Phi) is 24.0. The van der Waals surface area contributed by atoms with Gasteiger partial charge in [-0.3, -0.25) is 4.57 Å². The second kappa shape index (κ2) is 33.5. The van der Waals surface area contributed by atoms with Crippen LogP contribution < -0.4 is 28.9 Å². The molecular formula is C93H100N8P2+4. The van der Waals surface area contributed by atoms with Gasteiger partial charge in [-0.1, -0.05) is 210 Å². The molecule has 3 unspecified atom stereocenters. The topological polar surface area (TPSA) is 43.2 Å². The van der Waals surface area contributed by atoms with E-state index < -0.39 is 0 Å². The lowest BCUT2D eigenvalue weighted by molar-refractivity contribution is -0.659. The minimum absolute atomic E-state index is 0.478. The molecule has 103 heavy (non-hydrogen) atoms. The summed E-state index contributed by atoms with van der Waals surface area (Å²) in [4.78, 5) is 4.57. The van der Waals surface area contributed by atoms with Crippen molar-refractivity contribution in [3.05, 3.63) is 336 Å². The summed E-state index contributed by atoms with van der Waals surface area (Å²) in [6.45, 7) is 24.3. The van der Waals surface area contributed by atoms with Crippen LogP contribution in [0.25, 0.3) is 95.4 Å². The molecule has 518 valence electrons. The molecule has 10 heteroatoms. The van der Waals surface area contributed by atoms with Gasteiger partial charge in [-0.05, 0) is 154 Å². The van der Waals surface area contributed by atoms with Crippen LogP contribution in [0, 0.1) is 48.5 Å². The Bertz CT molecular complexity index is 5370. The Hall–Kier alpha value is -10.5. The molecule has 15 rings (SSSR count). The highest BCUT2D eigenvalue weighted by atomic mass is 31.0. The maximum absolute atomic E-state index is 4.57. The monoisotopic (exact) mass is 1390 g/mol. The molecule has 0 radical (unpaired) electrons. The normalized spacial score (nSPS) is 11.2. The van der Waals surface area contributed by atoms with Crippen LogP contribution in [-0.2, 0) is 28.2 Å². The van der Waals surface area contributed by atoms with Gasteiger partial charge < -0.3 is 0 Å². The van der Waals surface area contributed by atoms with E-state index in [9.17, 15) is 0 Å². The highest BCUT2D eigenvalue weighted by Gasteiger charge is 2.28. The number of hydrogen-bond acceptors (Lipinski definition) is 1. The summed E-state index contributed by atoms with van der Waals surface area (Å²) < 4.78 is 15.7. The van der Waals surface area contributed by atoms with Gasteiger partial charge in [0.05, 0.1) is 30.9 Å². The number of nitrogens with zero attached hydrogens (tertiary/aromatic N) is 8. The second-order valence-corrected chi connectivity index (χ2v) is 28.7. The molecule has 10 aromatic carbocycles. The Morgan fingerprint density at radius 1 is 0.369 bits per heavy atom. The molecule has 0 saturated heterocycles. The van der Waals surface area contributed by atoms with Crippen LogP contribution in [0.2, 0.25) is 0 Å². The van der Waals surface area contributed by atoms with Gasteiger partial charge in [-0.15, -0.1) is 18.5 Å². The molecule has 0 amide bonds. The molecule has 0 N–H and O–H groups in total. The lowest BCUT2D eigenvalue weighted by Crippen LogP contribution is -2.32. The Morgan fingerprint density at radius 2 is 0.796 bits per heavy atom. The highest BCUT2D eigenvalue weighted by molar-refractivity contribution is 7.30. The Morgan fingerprint density at radius 3 is 1.32 bits per heavy atom. The molecule has 5 heterocycles. The Labute approximate surface area is 616 Å². The first-order valence-electron chi connectivity index (χ1n) is 35.8. The first-order valence-corrected chi connectivity index (χ1v) is 37.0. The molecule has 8 nitrogen and oxygen atoms in total. The van der Waals surface area contributed by atoms with Crippen molar-refractivity contribution in [3.8, 4) is 73.7 Å². The fourth-order valence-electron chi connectivity index (χ4n) is 14.0. The number of fused-ring (bicyclic) bond motifs is 2. The zero-order valence-electron chi connectivity index (χ0n) is 62.7. The van der Waals surface area contributed by atoms with Crippen LogP contribution >= 0.6 is 18.5 Å². The van der Waals surface area contributed by atoms with Crippen LogP contribution in [0.5, 0.6) is 0 Å². The number of para-hydroxylation sites is 4. The van der Waals surface area contributed by atoms with Crippen LogP contribution in [-0.4, -0.2) is 18.7 Å². The maximum atomic E-state index is 4.57. The number of hydrogen-bond donors (Lipinski definition) is 0. The highest BCUT2D eigenvalue weighted by Crippen LogP contribution is 2.36. The summed E-state index contributed by atoms with van der Waals surface area (Å²) in [7, 11) is 14.1. The predicted molar refractivity (Wildman–Crippen MR) is 440 cm³/mol. The van der Waals surface area contributed by atoms with E-state index in [2.05, 4.69) is 433 Å². The van der Waals surface area contributed by atoms with Crippen LogP contribution in [0.1, 0.15) is 96.0 Å². The lowest BCUT2D eigenvalue weighted by atomic mass is 9.90. The summed E-state index contributed by atoms with van der Waals surface area (Å²) in [6.07, 6.45) is 15.8. The third-order valence-electron chi connectivity index (χ3n) is 19.8. The van der Waals surface area contributed by atoms with Crippen molar-refractivity contribution in [2.24, 2.45) is 28.2 Å². The van der Waals surface area contributed by atoms with Gasteiger partial charge in [0.15, 0.2) is 6.20 Å². The summed E-state index contributed by atoms with van der Waals surface area (Å²) in [5, 5.41) is 6.21. The van der Waals surface area contributed by atoms with Crippen molar-refractivity contribution >= 4 is 50.8 Å². The van der Waals surface area contributed by atoms with E-state index in [4.69, 9.17) is 0 Å². The van der Waals surface area contributed by atoms with E-state index in [0.717, 1.165) is 12.2 Å². The van der Waals surface area contributed by atoms with Gasteiger partial charge >= 0.3 is 0 Å². The van der Waals surface area contributed by atoms with E-state index in [0.29, 0.717) is 11.8 Å². The summed E-state index contributed by atoms with van der Waals surface area (Å²) >= 11 is 0. The Balaban J connectivity index is 0.000000130. The fraction of sp³-hybridized carbons (Fsp3) is 0.194. The predicted octanol–water partition coefficient (Wildman–Crippen LogP) is 19.9. The maximum Gasteiger partial charge on any atom is 0.294 e. The number of aryl methyl sites for hydroxylation is 11. The zero-order chi connectivity index (χ0) is 73.0. The van der Waals surface area contributed by atoms with Gasteiger partial charge in [-0.2, -0.15) is 13.7 Å². The van der Waals surface area contributed by atoms with Gasteiger partial charge in [0.2, 0.25) is 16.9 Å². The molecule has 3 atom stereocenters. The van der Waals surface area contributed by atoms with Crippen LogP contribution in [0.15, 0.2) is 286 Å². The molecular weight excluding hydrogens is 1290 g/mol. The molecule has 15 aromatic rings. The number of pyridine rings is 2. The van der Waals surface area contributed by atoms with Crippen molar-refractivity contribution < 1.29 is 18.3 Å². The minimum atomic E-state index is 0.478. The van der Waals surface area contributed by atoms with Crippen molar-refractivity contribution in [1.82, 2.24) is 18.7 Å². The van der Waals surface area contributed by atoms with Crippen molar-refractivity contribution in [2.45, 2.75) is 94.4 Å². The third kappa shape index (κ3) is 16.4. The van der Waals surface area contributed by atoms with Gasteiger partial charge in [-0.25, -0.2) is 18.7 Å². The standard InChI is InChI=1S/C24H31N2.C18H18N2.C17H19N2P2.2C17H16N/c1-7-18(4)21-14-10-13-20(17(2)3)23(21)26-16-15-25(6)24(26)22-12-9-8-11-19(22)5;1-13-7-4-5-10-16(13)18-19-11-12-20(18)17-14(2)8-6-9-15(17)3;1-12-6-3-4-7-13(12)17-18(2)10-11-19(17)16-14(20)8-5-9-15(16)21;1-13-7-3-6-10-16(13)17-11-14-8-4-5-9-15(14)12-18(17)2;1-13-7-3-5-9-15(13)17-12-11-14-8-4-6-10-16(14)18(17)2/h8-18H,7H2,1-6H3;4-12H,1-3H3;3-11H,20-21H2,1-2H3;2*3-12H,1-2H3/q+1;;3*+1. The van der Waals surface area contributed by atoms with E-state index in [-0.39, 0.29) is 0 Å². The van der Waals surface area contributed by atoms with Crippen molar-refractivity contribution in [3.63, 3.8) is 0 Å². The molecule has 0 aliphatic rings. The molecule has 0 aliphatic carbocycles. The van der Waals surface area contributed by atoms with E-state index >= 15 is 0 Å². The van der Waals surface area contributed by atoms with Crippen molar-refractivity contribution in [2.75, 3.05) is 0 Å². The van der Waals surface area contributed by atoms with E-state index in [1.807, 2.05) is 12.4 Å². The first kappa shape index (κ1) is 73.7. The van der Waals surface area contributed by atoms with Crippen LogP contribution in [0.4, 0.5) is 0 Å². The van der Waals surface area contributed by atoms with Crippen molar-refractivity contribution in [1.29, 1.82) is 0 Å². The molecule has 0 fully saturated rings. The average molecular weight is 1390 g/mol.